The van der Waals surface area contributed by atoms with Crippen LogP contribution in [0.15, 0.2) is 0 Å². The lowest BCUT2D eigenvalue weighted by atomic mass is 10.2. The predicted octanol–water partition coefficient (Wildman–Crippen LogP) is 0.446. The molecule has 7 heteroatoms. The molecule has 0 unspecified atom stereocenters. The Balaban J connectivity index is 2.78. The van der Waals surface area contributed by atoms with Crippen molar-refractivity contribution in [1.82, 2.24) is 4.90 Å². The van der Waals surface area contributed by atoms with Gasteiger partial charge in [0.2, 0.25) is 5.91 Å². The van der Waals surface area contributed by atoms with Crippen molar-refractivity contribution in [3.05, 3.63) is 0 Å². The van der Waals surface area contributed by atoms with Crippen LogP contribution in [0.3, 0.4) is 0 Å². The van der Waals surface area contributed by atoms with E-state index in [1.165, 1.54) is 6.92 Å². The van der Waals surface area contributed by atoms with E-state index in [0.29, 0.717) is 4.90 Å². The third-order valence-corrected chi connectivity index (χ3v) is 2.02. The maximum Gasteiger partial charge on any atom is 0.329 e. The molecule has 1 saturated heterocycles. The number of nitrogens with two attached hydrogens (primary N) is 1. The normalized spacial score (nSPS) is 26.3. The van der Waals surface area contributed by atoms with Crippen molar-refractivity contribution in [3.63, 3.8) is 0 Å². The van der Waals surface area contributed by atoms with E-state index in [-0.39, 0.29) is 0 Å². The second-order valence-electron chi connectivity index (χ2n) is 3.39. The van der Waals surface area contributed by atoms with Crippen LogP contribution >= 0.6 is 0 Å². The largest absolute Gasteiger partial charge is 0.329 e. The van der Waals surface area contributed by atoms with Crippen molar-refractivity contribution in [1.29, 1.82) is 0 Å². The fourth-order valence-electron chi connectivity index (χ4n) is 1.21. The first-order valence-corrected chi connectivity index (χ1v) is 3.97. The quantitative estimate of drug-likeness (QED) is 0.644. The number of likely N-dealkylation sites (tertiary alicyclic amines) is 1. The highest BCUT2D eigenvalue weighted by Gasteiger charge is 2.63. The van der Waals surface area contributed by atoms with Gasteiger partial charge in [0.05, 0.1) is 19.1 Å². The van der Waals surface area contributed by atoms with E-state index in [0.717, 1.165) is 0 Å². The zero-order chi connectivity index (χ0) is 11.1. The Kier molecular flexibility index (Phi) is 2.47. The summed E-state index contributed by atoms with van der Waals surface area (Å²) in [6.07, 6.45) is 0. The lowest BCUT2D eigenvalue weighted by Gasteiger charge is -2.16. The number of amides is 1. The van der Waals surface area contributed by atoms with E-state index in [2.05, 4.69) is 0 Å². The third kappa shape index (κ3) is 1.68. The topological polar surface area (TPSA) is 46.3 Å². The van der Waals surface area contributed by atoms with Gasteiger partial charge in [-0.3, -0.25) is 4.79 Å². The summed E-state index contributed by atoms with van der Waals surface area (Å²) >= 11 is 0. The summed E-state index contributed by atoms with van der Waals surface area (Å²) in [5.41, 5.74) is 5.11. The fourth-order valence-corrected chi connectivity index (χ4v) is 1.21. The number of carbonyl (C=O) groups is 1. The third-order valence-electron chi connectivity index (χ3n) is 2.02. The van der Waals surface area contributed by atoms with Gasteiger partial charge in [-0.15, -0.1) is 0 Å². The van der Waals surface area contributed by atoms with E-state index in [4.69, 9.17) is 5.73 Å². The van der Waals surface area contributed by atoms with Crippen LogP contribution in [0.5, 0.6) is 0 Å². The number of rotatable bonds is 1. The first-order valence-electron chi connectivity index (χ1n) is 3.97. The van der Waals surface area contributed by atoms with Gasteiger partial charge in [-0.05, 0) is 6.92 Å². The first-order chi connectivity index (χ1) is 6.17. The molecule has 0 aromatic heterocycles. The van der Waals surface area contributed by atoms with Crippen molar-refractivity contribution < 1.29 is 22.4 Å². The molecule has 1 amide bonds. The number of hydrogen-bond donors (Lipinski definition) is 1. The van der Waals surface area contributed by atoms with Gasteiger partial charge in [0, 0.05) is 0 Å². The molecule has 3 nitrogen and oxygen atoms in total. The SMILES string of the molecule is C[C@H](N)C(=O)N1CC(F)(F)C(F)(F)C1. The molecule has 0 spiro atoms. The molecule has 0 aromatic carbocycles. The first kappa shape index (κ1) is 11.2. The maximum absolute atomic E-state index is 12.6. The van der Waals surface area contributed by atoms with Gasteiger partial charge in [0.25, 0.3) is 0 Å². The standard InChI is InChI=1S/C7H10F4N2O/c1-4(12)5(14)13-2-6(8,9)7(10,11)3-13/h4H,2-3,12H2,1H3/t4-/m0/s1. The smallest absolute Gasteiger partial charge is 0.329 e. The minimum absolute atomic E-state index is 0.394. The Morgan fingerprint density at radius 2 is 1.64 bits per heavy atom. The zero-order valence-electron chi connectivity index (χ0n) is 7.44. The fraction of sp³-hybridized carbons (Fsp3) is 0.857. The van der Waals surface area contributed by atoms with Crippen molar-refractivity contribution in [2.24, 2.45) is 5.73 Å². The highest BCUT2D eigenvalue weighted by atomic mass is 19.3. The van der Waals surface area contributed by atoms with E-state index in [1.54, 1.807) is 0 Å². The van der Waals surface area contributed by atoms with Crippen LogP contribution in [0.2, 0.25) is 0 Å². The van der Waals surface area contributed by atoms with Gasteiger partial charge < -0.3 is 10.6 Å². The molecular formula is C7H10F4N2O. The van der Waals surface area contributed by atoms with E-state index in [9.17, 15) is 22.4 Å². The van der Waals surface area contributed by atoms with Crippen molar-refractivity contribution in [2.45, 2.75) is 24.8 Å². The minimum Gasteiger partial charge on any atom is -0.329 e. The van der Waals surface area contributed by atoms with Crippen LogP contribution < -0.4 is 5.73 Å². The Bertz CT molecular complexity index is 238. The van der Waals surface area contributed by atoms with Crippen LogP contribution in [0.4, 0.5) is 17.6 Å². The minimum atomic E-state index is -4.16. The van der Waals surface area contributed by atoms with Gasteiger partial charge >= 0.3 is 11.8 Å². The molecule has 2 N–H and O–H groups in total. The molecule has 1 aliphatic heterocycles. The Morgan fingerprint density at radius 1 is 1.29 bits per heavy atom. The Hall–Kier alpha value is -0.850. The summed E-state index contributed by atoms with van der Waals surface area (Å²) in [7, 11) is 0. The molecule has 14 heavy (non-hydrogen) atoms. The molecule has 82 valence electrons. The summed E-state index contributed by atoms with van der Waals surface area (Å²) in [6, 6.07) is -1.04. The van der Waals surface area contributed by atoms with Gasteiger partial charge in [0.15, 0.2) is 0 Å². The van der Waals surface area contributed by atoms with E-state index in [1.807, 2.05) is 0 Å². The predicted molar refractivity (Wildman–Crippen MR) is 40.1 cm³/mol. The lowest BCUT2D eigenvalue weighted by Crippen LogP contribution is -2.41. The van der Waals surface area contributed by atoms with Crippen molar-refractivity contribution in [3.8, 4) is 0 Å². The molecule has 0 saturated carbocycles. The maximum atomic E-state index is 12.6. The number of halogens is 4. The van der Waals surface area contributed by atoms with Crippen LogP contribution in [-0.4, -0.2) is 41.8 Å². The van der Waals surface area contributed by atoms with Crippen molar-refractivity contribution in [2.75, 3.05) is 13.1 Å². The molecule has 0 radical (unpaired) electrons. The summed E-state index contributed by atoms with van der Waals surface area (Å²) < 4.78 is 50.4. The van der Waals surface area contributed by atoms with E-state index < -0.39 is 36.9 Å². The molecule has 0 bridgehead atoms. The van der Waals surface area contributed by atoms with Gasteiger partial charge in [-0.2, -0.15) is 17.6 Å². The van der Waals surface area contributed by atoms with Gasteiger partial charge in [-0.25, -0.2) is 0 Å². The van der Waals surface area contributed by atoms with Crippen LogP contribution in [0.25, 0.3) is 0 Å². The average Bonchev–Trinajstić information content (AvgIpc) is 2.20. The molecule has 1 fully saturated rings. The number of nitrogens with zero attached hydrogens (tertiary/aromatic N) is 1. The molecule has 0 aliphatic carbocycles. The number of alkyl halides is 4. The molecule has 0 aromatic rings. The Morgan fingerprint density at radius 3 is 1.93 bits per heavy atom. The van der Waals surface area contributed by atoms with Crippen LogP contribution in [0, 0.1) is 0 Å². The van der Waals surface area contributed by atoms with Crippen LogP contribution in [-0.2, 0) is 4.79 Å². The second-order valence-corrected chi connectivity index (χ2v) is 3.39. The molecule has 1 atom stereocenters. The summed E-state index contributed by atoms with van der Waals surface area (Å²) in [5, 5.41) is 0. The lowest BCUT2D eigenvalue weighted by molar-refractivity contribution is -0.172. The monoisotopic (exact) mass is 214 g/mol. The highest BCUT2D eigenvalue weighted by molar-refractivity contribution is 5.81. The van der Waals surface area contributed by atoms with Gasteiger partial charge in [0.1, 0.15) is 0 Å². The summed E-state index contributed by atoms with van der Waals surface area (Å²) in [6.45, 7) is -1.27. The molecule has 1 rings (SSSR count). The number of hydrogen-bond acceptors (Lipinski definition) is 2. The molecule has 1 aliphatic rings. The van der Waals surface area contributed by atoms with Crippen LogP contribution in [0.1, 0.15) is 6.92 Å². The molecule has 1 heterocycles. The highest BCUT2D eigenvalue weighted by Crippen LogP contribution is 2.40. The number of carbonyl (C=O) groups excluding carboxylic acids is 1. The van der Waals surface area contributed by atoms with Crippen molar-refractivity contribution >= 4 is 5.91 Å². The van der Waals surface area contributed by atoms with Gasteiger partial charge in [-0.1, -0.05) is 0 Å². The van der Waals surface area contributed by atoms with E-state index >= 15 is 0 Å². The average molecular weight is 214 g/mol. The Labute approximate surface area is 77.8 Å². The second kappa shape index (κ2) is 3.08. The summed E-state index contributed by atoms with van der Waals surface area (Å²) in [4.78, 5) is 11.4. The summed E-state index contributed by atoms with van der Waals surface area (Å²) in [5.74, 6) is -9.20. The zero-order valence-corrected chi connectivity index (χ0v) is 7.44. The molecular weight excluding hydrogens is 204 g/mol.